The number of hydrogen-bond donors (Lipinski definition) is 2. The molecule has 0 aliphatic rings. The first kappa shape index (κ1) is 15.8. The van der Waals surface area contributed by atoms with Crippen LogP contribution in [0.25, 0.3) is 0 Å². The molecule has 3 N–H and O–H groups in total. The second kappa shape index (κ2) is 7.39. The highest BCUT2D eigenvalue weighted by Crippen LogP contribution is 2.28. The van der Waals surface area contributed by atoms with Gasteiger partial charge < -0.3 is 15.8 Å². The molecule has 1 rings (SSSR count). The molecule has 2 atom stereocenters. The van der Waals surface area contributed by atoms with E-state index in [0.29, 0.717) is 12.5 Å². The fourth-order valence-electron chi connectivity index (χ4n) is 2.38. The molecule has 0 aliphatic carbocycles. The summed E-state index contributed by atoms with van der Waals surface area (Å²) >= 11 is 0. The lowest BCUT2D eigenvalue weighted by atomic mass is 9.84. The third kappa shape index (κ3) is 4.43. The first-order chi connectivity index (χ1) is 9.09. The smallest absolute Gasteiger partial charge is 0.120 e. The summed E-state index contributed by atoms with van der Waals surface area (Å²) in [5.74, 6) is 1.54. The highest BCUT2D eigenvalue weighted by Gasteiger charge is 2.28. The molecule has 0 bridgehead atoms. The minimum atomic E-state index is -0.0260. The van der Waals surface area contributed by atoms with E-state index in [0.717, 1.165) is 24.3 Å². The van der Waals surface area contributed by atoms with Gasteiger partial charge in [0.1, 0.15) is 5.75 Å². The van der Waals surface area contributed by atoms with Gasteiger partial charge in [-0.25, -0.2) is 0 Å². The maximum atomic E-state index is 6.05. The van der Waals surface area contributed by atoms with Crippen molar-refractivity contribution in [1.29, 1.82) is 0 Å². The van der Waals surface area contributed by atoms with Crippen molar-refractivity contribution in [2.75, 3.05) is 19.0 Å². The number of anilines is 1. The first-order valence-electron chi connectivity index (χ1n) is 7.21. The number of methoxy groups -OCH3 is 1. The number of ether oxygens (including phenoxy) is 1. The largest absolute Gasteiger partial charge is 0.497 e. The zero-order chi connectivity index (χ0) is 14.3. The van der Waals surface area contributed by atoms with Crippen LogP contribution in [0.1, 0.15) is 40.0 Å². The van der Waals surface area contributed by atoms with E-state index in [2.05, 4.69) is 32.2 Å². The van der Waals surface area contributed by atoms with E-state index >= 15 is 0 Å². The van der Waals surface area contributed by atoms with Crippen molar-refractivity contribution < 1.29 is 4.74 Å². The highest BCUT2D eigenvalue weighted by molar-refractivity contribution is 5.50. The molecule has 0 saturated heterocycles. The summed E-state index contributed by atoms with van der Waals surface area (Å²) in [7, 11) is 1.69. The summed E-state index contributed by atoms with van der Waals surface area (Å²) in [4.78, 5) is 0. The first-order valence-corrected chi connectivity index (χ1v) is 7.21. The maximum Gasteiger partial charge on any atom is 0.120 e. The maximum absolute atomic E-state index is 6.05. The molecular formula is C16H28N2O. The van der Waals surface area contributed by atoms with Crippen LogP contribution in [0.5, 0.6) is 5.75 Å². The van der Waals surface area contributed by atoms with Gasteiger partial charge in [-0.05, 0) is 30.9 Å². The summed E-state index contributed by atoms with van der Waals surface area (Å²) < 4.78 is 5.27. The molecule has 0 aromatic heterocycles. The van der Waals surface area contributed by atoms with Gasteiger partial charge in [0.15, 0.2) is 0 Å². The monoisotopic (exact) mass is 264 g/mol. The molecular weight excluding hydrogens is 236 g/mol. The molecule has 0 amide bonds. The van der Waals surface area contributed by atoms with Gasteiger partial charge in [-0.15, -0.1) is 0 Å². The third-order valence-electron chi connectivity index (χ3n) is 3.98. The Morgan fingerprint density at radius 1 is 1.37 bits per heavy atom. The van der Waals surface area contributed by atoms with Gasteiger partial charge in [-0.3, -0.25) is 0 Å². The molecule has 0 fully saturated rings. The molecule has 1 aromatic rings. The van der Waals surface area contributed by atoms with Crippen LogP contribution in [0.15, 0.2) is 24.3 Å². The van der Waals surface area contributed by atoms with Gasteiger partial charge in [0.2, 0.25) is 0 Å². The fraction of sp³-hybridized carbons (Fsp3) is 0.625. The number of benzene rings is 1. The standard InChI is InChI=1S/C16H28N2O/c1-5-13(3)11-16(6-2,12-17)18-14-8-7-9-15(10-14)19-4/h7-10,13,18H,5-6,11-12,17H2,1-4H3. The summed E-state index contributed by atoms with van der Waals surface area (Å²) in [6.45, 7) is 7.36. The van der Waals surface area contributed by atoms with Gasteiger partial charge in [0, 0.05) is 23.8 Å². The second-order valence-electron chi connectivity index (χ2n) is 5.41. The quantitative estimate of drug-likeness (QED) is 0.753. The van der Waals surface area contributed by atoms with E-state index in [1.54, 1.807) is 7.11 Å². The Labute approximate surface area is 117 Å². The lowest BCUT2D eigenvalue weighted by molar-refractivity contribution is 0.346. The molecule has 1 aromatic carbocycles. The lowest BCUT2D eigenvalue weighted by Gasteiger charge is -2.36. The van der Waals surface area contributed by atoms with Crippen molar-refractivity contribution in [2.45, 2.75) is 45.6 Å². The minimum Gasteiger partial charge on any atom is -0.497 e. The van der Waals surface area contributed by atoms with E-state index in [9.17, 15) is 0 Å². The van der Waals surface area contributed by atoms with Crippen LogP contribution in [-0.2, 0) is 0 Å². The molecule has 3 heteroatoms. The number of hydrogen-bond acceptors (Lipinski definition) is 3. The topological polar surface area (TPSA) is 47.3 Å². The fourth-order valence-corrected chi connectivity index (χ4v) is 2.38. The van der Waals surface area contributed by atoms with E-state index in [1.807, 2.05) is 18.2 Å². The molecule has 0 heterocycles. The zero-order valence-electron chi connectivity index (χ0n) is 12.7. The van der Waals surface area contributed by atoms with Crippen LogP contribution in [-0.4, -0.2) is 19.2 Å². The normalized spacial score (nSPS) is 15.6. The van der Waals surface area contributed by atoms with Crippen LogP contribution in [0, 0.1) is 5.92 Å². The molecule has 108 valence electrons. The van der Waals surface area contributed by atoms with E-state index in [1.165, 1.54) is 6.42 Å². The van der Waals surface area contributed by atoms with Crippen molar-refractivity contribution in [2.24, 2.45) is 11.7 Å². The number of nitrogens with two attached hydrogens (primary N) is 1. The minimum absolute atomic E-state index is 0.0260. The zero-order valence-corrected chi connectivity index (χ0v) is 12.7. The molecule has 19 heavy (non-hydrogen) atoms. The van der Waals surface area contributed by atoms with Crippen LogP contribution in [0.4, 0.5) is 5.69 Å². The van der Waals surface area contributed by atoms with Crippen molar-refractivity contribution in [3.8, 4) is 5.75 Å². The van der Waals surface area contributed by atoms with Gasteiger partial charge >= 0.3 is 0 Å². The molecule has 0 saturated carbocycles. The molecule has 3 nitrogen and oxygen atoms in total. The van der Waals surface area contributed by atoms with Crippen LogP contribution >= 0.6 is 0 Å². The number of nitrogens with one attached hydrogen (secondary N) is 1. The average Bonchev–Trinajstić information content (AvgIpc) is 2.46. The van der Waals surface area contributed by atoms with Crippen molar-refractivity contribution in [3.63, 3.8) is 0 Å². The van der Waals surface area contributed by atoms with Gasteiger partial charge in [0.05, 0.1) is 7.11 Å². The van der Waals surface area contributed by atoms with Crippen LogP contribution in [0.2, 0.25) is 0 Å². The Bertz CT molecular complexity index is 375. The summed E-state index contributed by atoms with van der Waals surface area (Å²) in [5, 5.41) is 3.63. The molecule has 0 radical (unpaired) electrons. The summed E-state index contributed by atoms with van der Waals surface area (Å²) in [5.41, 5.74) is 7.10. The average molecular weight is 264 g/mol. The summed E-state index contributed by atoms with van der Waals surface area (Å²) in [6.07, 6.45) is 3.29. The molecule has 0 spiro atoms. The predicted molar refractivity (Wildman–Crippen MR) is 82.8 cm³/mol. The molecule has 0 aliphatic heterocycles. The highest BCUT2D eigenvalue weighted by atomic mass is 16.5. The summed E-state index contributed by atoms with van der Waals surface area (Å²) in [6, 6.07) is 8.05. The van der Waals surface area contributed by atoms with E-state index in [-0.39, 0.29) is 5.54 Å². The Balaban J connectivity index is 2.87. The Hall–Kier alpha value is -1.22. The van der Waals surface area contributed by atoms with E-state index < -0.39 is 0 Å². The number of rotatable bonds is 8. The lowest BCUT2D eigenvalue weighted by Crippen LogP contribution is -2.46. The SMILES string of the molecule is CCC(C)CC(CC)(CN)Nc1cccc(OC)c1. The predicted octanol–water partition coefficient (Wildman–Crippen LogP) is 3.65. The third-order valence-corrected chi connectivity index (χ3v) is 3.98. The Kier molecular flexibility index (Phi) is 6.16. The van der Waals surface area contributed by atoms with E-state index in [4.69, 9.17) is 10.5 Å². The van der Waals surface area contributed by atoms with Gasteiger partial charge in [-0.1, -0.05) is 33.3 Å². The van der Waals surface area contributed by atoms with Crippen LogP contribution < -0.4 is 15.8 Å². The molecule has 2 unspecified atom stereocenters. The Morgan fingerprint density at radius 3 is 2.63 bits per heavy atom. The van der Waals surface area contributed by atoms with Crippen molar-refractivity contribution in [1.82, 2.24) is 0 Å². The van der Waals surface area contributed by atoms with Gasteiger partial charge in [-0.2, -0.15) is 0 Å². The van der Waals surface area contributed by atoms with Crippen LogP contribution in [0.3, 0.4) is 0 Å². The second-order valence-corrected chi connectivity index (χ2v) is 5.41. The van der Waals surface area contributed by atoms with Gasteiger partial charge in [0.25, 0.3) is 0 Å². The van der Waals surface area contributed by atoms with Crippen molar-refractivity contribution in [3.05, 3.63) is 24.3 Å². The Morgan fingerprint density at radius 2 is 2.11 bits per heavy atom. The van der Waals surface area contributed by atoms with Crippen molar-refractivity contribution >= 4 is 5.69 Å².